The summed E-state index contributed by atoms with van der Waals surface area (Å²) in [6.07, 6.45) is 3.40. The number of hydrogen-bond acceptors (Lipinski definition) is 2. The van der Waals surface area contributed by atoms with Crippen LogP contribution in [0.15, 0.2) is 35.1 Å². The van der Waals surface area contributed by atoms with E-state index >= 15 is 0 Å². The van der Waals surface area contributed by atoms with Crippen molar-refractivity contribution in [3.05, 3.63) is 46.4 Å². The fraction of sp³-hybridized carbons (Fsp3) is 0.100. The monoisotopic (exact) mass is 269 g/mol. The molecule has 0 fully saturated rings. The predicted molar refractivity (Wildman–Crippen MR) is 59.1 cm³/mol. The lowest BCUT2D eigenvalue weighted by molar-refractivity contribution is 0.623. The molecule has 0 saturated carbocycles. The summed E-state index contributed by atoms with van der Waals surface area (Å²) >= 11 is 3.28. The molecule has 2 rings (SSSR count). The molecule has 15 heavy (non-hydrogen) atoms. The number of nitrogens with two attached hydrogens (primary N) is 1. The van der Waals surface area contributed by atoms with Crippen LogP contribution in [-0.2, 0) is 6.54 Å². The van der Waals surface area contributed by atoms with Crippen LogP contribution in [-0.4, -0.2) is 9.78 Å². The van der Waals surface area contributed by atoms with Crippen molar-refractivity contribution in [2.45, 2.75) is 6.54 Å². The first-order valence-corrected chi connectivity index (χ1v) is 5.18. The van der Waals surface area contributed by atoms with Crippen molar-refractivity contribution in [1.82, 2.24) is 9.78 Å². The molecule has 0 aliphatic heterocycles. The molecule has 2 N–H and O–H groups in total. The molecule has 0 aliphatic rings. The first-order chi connectivity index (χ1) is 7.19. The third kappa shape index (κ3) is 2.24. The molecular formula is C10H9BrFN3. The maximum Gasteiger partial charge on any atom is 0.125 e. The minimum atomic E-state index is -0.306. The molecule has 0 bridgehead atoms. The van der Waals surface area contributed by atoms with Crippen LogP contribution in [0, 0.1) is 5.82 Å². The Hall–Kier alpha value is -1.20. The van der Waals surface area contributed by atoms with Crippen LogP contribution in [0.1, 0.15) is 5.56 Å². The second-order valence-corrected chi connectivity index (χ2v) is 4.04. The van der Waals surface area contributed by atoms with Crippen LogP contribution in [0.3, 0.4) is 0 Å². The zero-order chi connectivity index (χ0) is 10.8. The molecule has 0 atom stereocenters. The molecule has 1 aromatic heterocycles. The van der Waals surface area contributed by atoms with Gasteiger partial charge in [0.2, 0.25) is 0 Å². The molecule has 1 heterocycles. The molecule has 3 nitrogen and oxygen atoms in total. The Morgan fingerprint density at radius 2 is 2.20 bits per heavy atom. The SMILES string of the molecule is NCc1cc(F)cc(-n2cc(Br)cn2)c1. The number of hydrogen-bond donors (Lipinski definition) is 1. The molecule has 78 valence electrons. The van der Waals surface area contributed by atoms with Crippen molar-refractivity contribution in [1.29, 1.82) is 0 Å². The largest absolute Gasteiger partial charge is 0.326 e. The Kier molecular flexibility index (Phi) is 2.83. The molecule has 0 spiro atoms. The van der Waals surface area contributed by atoms with Crippen LogP contribution < -0.4 is 5.73 Å². The van der Waals surface area contributed by atoms with Gasteiger partial charge in [0.1, 0.15) is 5.82 Å². The highest BCUT2D eigenvalue weighted by molar-refractivity contribution is 9.10. The average Bonchev–Trinajstić information content (AvgIpc) is 2.64. The Morgan fingerprint density at radius 3 is 2.80 bits per heavy atom. The van der Waals surface area contributed by atoms with Crippen molar-refractivity contribution in [3.8, 4) is 5.69 Å². The minimum Gasteiger partial charge on any atom is -0.326 e. The van der Waals surface area contributed by atoms with Crippen LogP contribution >= 0.6 is 15.9 Å². The highest BCUT2D eigenvalue weighted by atomic mass is 79.9. The molecular weight excluding hydrogens is 261 g/mol. The standard InChI is InChI=1S/C10H9BrFN3/c11-8-5-14-15(6-8)10-2-7(4-13)1-9(12)3-10/h1-3,5-6H,4,13H2. The van der Waals surface area contributed by atoms with Crippen LogP contribution in [0.4, 0.5) is 4.39 Å². The normalized spacial score (nSPS) is 10.6. The van der Waals surface area contributed by atoms with E-state index in [4.69, 9.17) is 5.73 Å². The summed E-state index contributed by atoms with van der Waals surface area (Å²) in [6.45, 7) is 0.313. The number of halogens is 2. The van der Waals surface area contributed by atoms with E-state index in [1.165, 1.54) is 12.1 Å². The van der Waals surface area contributed by atoms with E-state index in [0.29, 0.717) is 12.2 Å². The van der Waals surface area contributed by atoms with Gasteiger partial charge in [0.05, 0.1) is 16.4 Å². The average molecular weight is 270 g/mol. The Labute approximate surface area is 94.8 Å². The van der Waals surface area contributed by atoms with Gasteiger partial charge in [-0.1, -0.05) is 0 Å². The summed E-state index contributed by atoms with van der Waals surface area (Å²) in [7, 11) is 0. The Balaban J connectivity index is 2.48. The Morgan fingerprint density at radius 1 is 1.40 bits per heavy atom. The fourth-order valence-corrected chi connectivity index (χ4v) is 1.61. The summed E-state index contributed by atoms with van der Waals surface area (Å²) < 4.78 is 15.6. The molecule has 0 amide bonds. The predicted octanol–water partition coefficient (Wildman–Crippen LogP) is 2.23. The first kappa shape index (κ1) is 10.3. The van der Waals surface area contributed by atoms with E-state index < -0.39 is 0 Å². The van der Waals surface area contributed by atoms with Crippen molar-refractivity contribution in [2.24, 2.45) is 5.73 Å². The van der Waals surface area contributed by atoms with E-state index in [2.05, 4.69) is 21.0 Å². The number of aromatic nitrogens is 2. The van der Waals surface area contributed by atoms with Gasteiger partial charge in [-0.3, -0.25) is 0 Å². The van der Waals surface area contributed by atoms with Crippen LogP contribution in [0.5, 0.6) is 0 Å². The van der Waals surface area contributed by atoms with Gasteiger partial charge >= 0.3 is 0 Å². The maximum absolute atomic E-state index is 13.2. The van der Waals surface area contributed by atoms with E-state index in [9.17, 15) is 4.39 Å². The molecule has 0 saturated heterocycles. The van der Waals surface area contributed by atoms with E-state index in [0.717, 1.165) is 10.0 Å². The lowest BCUT2D eigenvalue weighted by Crippen LogP contribution is -2.01. The molecule has 0 radical (unpaired) electrons. The summed E-state index contributed by atoms with van der Waals surface area (Å²) in [6, 6.07) is 4.64. The highest BCUT2D eigenvalue weighted by Crippen LogP contribution is 2.15. The minimum absolute atomic E-state index is 0.306. The van der Waals surface area contributed by atoms with E-state index in [1.54, 1.807) is 17.1 Å². The summed E-state index contributed by atoms with van der Waals surface area (Å²) in [5.41, 5.74) is 6.88. The third-order valence-electron chi connectivity index (χ3n) is 1.99. The van der Waals surface area contributed by atoms with Gasteiger partial charge in [0.25, 0.3) is 0 Å². The highest BCUT2D eigenvalue weighted by Gasteiger charge is 2.03. The molecule has 2 aromatic rings. The van der Waals surface area contributed by atoms with Gasteiger partial charge < -0.3 is 5.73 Å². The fourth-order valence-electron chi connectivity index (χ4n) is 1.33. The zero-order valence-electron chi connectivity index (χ0n) is 7.82. The first-order valence-electron chi connectivity index (χ1n) is 4.39. The summed E-state index contributed by atoms with van der Waals surface area (Å²) in [5, 5.41) is 4.06. The smallest absolute Gasteiger partial charge is 0.125 e. The van der Waals surface area contributed by atoms with Gasteiger partial charge in [0, 0.05) is 12.7 Å². The van der Waals surface area contributed by atoms with Crippen LogP contribution in [0.2, 0.25) is 0 Å². The molecule has 5 heteroatoms. The number of nitrogens with zero attached hydrogens (tertiary/aromatic N) is 2. The van der Waals surface area contributed by atoms with Crippen molar-refractivity contribution in [3.63, 3.8) is 0 Å². The van der Waals surface area contributed by atoms with Crippen molar-refractivity contribution < 1.29 is 4.39 Å². The van der Waals surface area contributed by atoms with Gasteiger partial charge in [0.15, 0.2) is 0 Å². The molecule has 1 aromatic carbocycles. The number of benzene rings is 1. The number of rotatable bonds is 2. The molecule has 0 unspecified atom stereocenters. The maximum atomic E-state index is 13.2. The lowest BCUT2D eigenvalue weighted by Gasteiger charge is -2.04. The zero-order valence-corrected chi connectivity index (χ0v) is 9.41. The van der Waals surface area contributed by atoms with Crippen molar-refractivity contribution >= 4 is 15.9 Å². The quantitative estimate of drug-likeness (QED) is 0.909. The summed E-state index contributed by atoms with van der Waals surface area (Å²) in [4.78, 5) is 0. The lowest BCUT2D eigenvalue weighted by atomic mass is 10.2. The van der Waals surface area contributed by atoms with Gasteiger partial charge in [-0.05, 0) is 39.7 Å². The second-order valence-electron chi connectivity index (χ2n) is 3.12. The topological polar surface area (TPSA) is 43.8 Å². The molecule has 0 aliphatic carbocycles. The van der Waals surface area contributed by atoms with Gasteiger partial charge in [-0.25, -0.2) is 9.07 Å². The van der Waals surface area contributed by atoms with Gasteiger partial charge in [-0.15, -0.1) is 0 Å². The van der Waals surface area contributed by atoms with Gasteiger partial charge in [-0.2, -0.15) is 5.10 Å². The second kappa shape index (κ2) is 4.12. The van der Waals surface area contributed by atoms with E-state index in [-0.39, 0.29) is 5.82 Å². The van der Waals surface area contributed by atoms with E-state index in [1.807, 2.05) is 6.07 Å². The Bertz CT molecular complexity index is 481. The summed E-state index contributed by atoms with van der Waals surface area (Å²) in [5.74, 6) is -0.306. The third-order valence-corrected chi connectivity index (χ3v) is 2.40. The van der Waals surface area contributed by atoms with Crippen molar-refractivity contribution in [2.75, 3.05) is 0 Å². The van der Waals surface area contributed by atoms with Crippen LogP contribution in [0.25, 0.3) is 5.69 Å².